The molecule has 9 aromatic rings. The number of hydrogen-bond donors (Lipinski definition) is 1. The summed E-state index contributed by atoms with van der Waals surface area (Å²) in [4.78, 5) is 33.1. The van der Waals surface area contributed by atoms with Crippen LogP contribution in [-0.4, -0.2) is 39.9 Å². The van der Waals surface area contributed by atoms with Crippen molar-refractivity contribution < 1.29 is 83.0 Å². The summed E-state index contributed by atoms with van der Waals surface area (Å²) < 4.78 is 159. The summed E-state index contributed by atoms with van der Waals surface area (Å²) in [5.74, 6) is 0.166. The third-order valence-corrected chi connectivity index (χ3v) is 7.74. The van der Waals surface area contributed by atoms with Crippen molar-refractivity contribution in [1.82, 2.24) is 39.9 Å². The summed E-state index contributed by atoms with van der Waals surface area (Å²) >= 11 is 0. The second-order valence-electron chi connectivity index (χ2n) is 12.9. The molecule has 0 fully saturated rings. The minimum atomic E-state index is -10.7. The Morgan fingerprint density at radius 2 is 0.712 bits per heavy atom. The molecule has 0 aliphatic heterocycles. The van der Waals surface area contributed by atoms with Gasteiger partial charge in [0.25, 0.3) is 0 Å². The summed E-state index contributed by atoms with van der Waals surface area (Å²) in [5, 5.41) is 1.51. The van der Waals surface area contributed by atoms with Crippen LogP contribution in [0.25, 0.3) is 67.0 Å². The number of halogens is 15. The monoisotopic (exact) mass is 1070 g/mol. The molecule has 7 aromatic heterocycles. The van der Waals surface area contributed by atoms with E-state index in [0.29, 0.717) is 22.1 Å². The van der Waals surface area contributed by atoms with Crippen LogP contribution in [0.2, 0.25) is 0 Å². The van der Waals surface area contributed by atoms with Gasteiger partial charge in [0.15, 0.2) is 0 Å². The molecule has 0 saturated heterocycles. The van der Waals surface area contributed by atoms with Crippen LogP contribution in [0.3, 0.4) is 0 Å². The molecule has 2 aromatic carbocycles. The Labute approximate surface area is 374 Å². The molecule has 0 bridgehead atoms. The normalized spacial score (nSPS) is 13.4. The zero-order valence-electron chi connectivity index (χ0n) is 32.6. The van der Waals surface area contributed by atoms with Crippen LogP contribution in [0, 0.1) is 0 Å². The van der Waals surface area contributed by atoms with Gasteiger partial charge in [-0.05, 0) is 78.9 Å². The molecule has 7 heterocycles. The van der Waals surface area contributed by atoms with E-state index in [4.69, 9.17) is 0 Å². The van der Waals surface area contributed by atoms with E-state index in [1.54, 1.807) is 55.4 Å². The van der Waals surface area contributed by atoms with E-state index < -0.39 is 27.4 Å². The Hall–Kier alpha value is -6.24. The van der Waals surface area contributed by atoms with Crippen molar-refractivity contribution in [1.29, 1.82) is 0 Å². The van der Waals surface area contributed by atoms with Crippen LogP contribution >= 0.6 is 15.6 Å². The van der Waals surface area contributed by atoms with Gasteiger partial charge in [-0.2, -0.15) is 13.2 Å². The molecule has 0 aliphatic carbocycles. The van der Waals surface area contributed by atoms with Crippen LogP contribution in [-0.2, 0) is 25.7 Å². The van der Waals surface area contributed by atoms with E-state index in [0.717, 1.165) is 39.6 Å². The number of hydrogen-bond acceptors (Lipinski definition) is 7. The van der Waals surface area contributed by atoms with E-state index >= 15 is 0 Å². The Morgan fingerprint density at radius 1 is 0.379 bits per heavy atom. The second kappa shape index (κ2) is 18.6. The molecule has 350 valence electrons. The van der Waals surface area contributed by atoms with E-state index in [9.17, 15) is 63.5 Å². The van der Waals surface area contributed by atoms with Crippen LogP contribution < -0.4 is 0 Å². The molecule has 0 aliphatic rings. The molecule has 0 unspecified atom stereocenters. The van der Waals surface area contributed by atoms with Gasteiger partial charge < -0.3 is 4.98 Å². The average Bonchev–Trinajstić information content (AvgIpc) is 3.69. The van der Waals surface area contributed by atoms with Gasteiger partial charge in [-0.1, -0.05) is 42.5 Å². The third-order valence-electron chi connectivity index (χ3n) is 7.74. The molecule has 0 radical (unpaired) electrons. The topological polar surface area (TPSA) is 106 Å². The molecule has 0 saturated carbocycles. The standard InChI is InChI=1S/C20H11F3N4.2C10H8N2.2F6P.Ru/c21-20(22,23)14-8-2-1-5-11(14)19-26-17-12-6-3-9-24-15(12)16-13(18(17)27-19)7-4-10-25-16;2*1-3-7-11-9(5-1)10-6-2-4-8-12-10;2*1-7(2,3,4,5)6;/h1-10H,(H,26,27);2*1-8H;;;/q;;;2*-1;+2. The number of H-pyrrole nitrogens is 1. The number of benzene rings is 2. The number of aromatic amines is 1. The molecule has 66 heavy (non-hydrogen) atoms. The molecule has 8 nitrogen and oxygen atoms in total. The minimum absolute atomic E-state index is 0. The predicted octanol–water partition coefficient (Wildman–Crippen LogP) is 16.4. The van der Waals surface area contributed by atoms with Crippen molar-refractivity contribution in [2.75, 3.05) is 0 Å². The number of rotatable bonds is 3. The number of fused-ring (bicyclic) bond motifs is 6. The fourth-order valence-electron chi connectivity index (χ4n) is 5.47. The maximum absolute atomic E-state index is 13.4. The van der Waals surface area contributed by atoms with E-state index in [1.807, 2.05) is 84.9 Å². The van der Waals surface area contributed by atoms with Gasteiger partial charge in [-0.3, -0.25) is 29.9 Å². The van der Waals surface area contributed by atoms with Crippen molar-refractivity contribution in [2.45, 2.75) is 6.18 Å². The molecule has 1 N–H and O–H groups in total. The number of nitrogens with one attached hydrogen (secondary N) is 1. The Morgan fingerprint density at radius 3 is 1.08 bits per heavy atom. The smallest absolute Gasteiger partial charge is 0.255 e. The largest absolute Gasteiger partial charge is 2.00 e. The van der Waals surface area contributed by atoms with Gasteiger partial charge in [-0.25, -0.2) is 4.98 Å². The van der Waals surface area contributed by atoms with Crippen LogP contribution in [0.1, 0.15) is 5.56 Å². The van der Waals surface area contributed by atoms with Crippen LogP contribution in [0.15, 0.2) is 159 Å². The molecule has 0 spiro atoms. The van der Waals surface area contributed by atoms with Gasteiger partial charge in [0.2, 0.25) is 0 Å². The number of imidazole rings is 1. The van der Waals surface area contributed by atoms with E-state index in [2.05, 4.69) is 39.9 Å². The number of nitrogens with zero attached hydrogens (tertiary/aromatic N) is 7. The fourth-order valence-corrected chi connectivity index (χ4v) is 5.47. The van der Waals surface area contributed by atoms with Crippen LogP contribution in [0.5, 0.6) is 0 Å². The van der Waals surface area contributed by atoms with Gasteiger partial charge >= 0.3 is 91.6 Å². The molecule has 0 atom stereocenters. The van der Waals surface area contributed by atoms with E-state index in [1.165, 1.54) is 12.1 Å². The Bertz CT molecular complexity index is 2740. The van der Waals surface area contributed by atoms with Crippen molar-refractivity contribution in [3.8, 4) is 34.2 Å². The number of pyridine rings is 6. The molecule has 9 rings (SSSR count). The van der Waals surface area contributed by atoms with Crippen molar-refractivity contribution in [3.63, 3.8) is 0 Å². The minimum Gasteiger partial charge on any atom is -0.255 e. The Kier molecular flexibility index (Phi) is 14.7. The summed E-state index contributed by atoms with van der Waals surface area (Å²) in [7, 11) is -21.3. The second-order valence-corrected chi connectivity index (χ2v) is 16.8. The van der Waals surface area contributed by atoms with Gasteiger partial charge in [-0.15, -0.1) is 0 Å². The zero-order chi connectivity index (χ0) is 47.9. The SMILES string of the molecule is FC(F)(F)c1ccccc1-c1nc2c3cccnc3c3ncccc3c2[nH]1.F[P-](F)(F)(F)(F)F.F[P-](F)(F)(F)(F)F.[Ru+2].c1ccc(-c2ccccn2)nc1.c1ccc(-c2ccccn2)nc1. The first-order chi connectivity index (χ1) is 29.9. The van der Waals surface area contributed by atoms with Crippen LogP contribution in [0.4, 0.5) is 63.5 Å². The average molecular weight is 1070 g/mol. The summed E-state index contributed by atoms with van der Waals surface area (Å²) in [6.45, 7) is 0. The maximum atomic E-state index is 13.4. The van der Waals surface area contributed by atoms with Gasteiger partial charge in [0.1, 0.15) is 5.82 Å². The predicted molar refractivity (Wildman–Crippen MR) is 219 cm³/mol. The first kappa shape index (κ1) is 52.4. The summed E-state index contributed by atoms with van der Waals surface area (Å²) in [5.41, 5.74) is 5.51. The van der Waals surface area contributed by atoms with Gasteiger partial charge in [0.05, 0.1) is 50.4 Å². The molecular formula is C40H27F15N8P2Ru. The van der Waals surface area contributed by atoms with Crippen molar-refractivity contribution in [3.05, 3.63) is 164 Å². The fraction of sp³-hybridized carbons (Fsp3) is 0.0250. The molecular weight excluding hydrogens is 1040 g/mol. The first-order valence-corrected chi connectivity index (χ1v) is 21.9. The van der Waals surface area contributed by atoms with E-state index in [-0.39, 0.29) is 30.9 Å². The number of alkyl halides is 3. The van der Waals surface area contributed by atoms with Gasteiger partial charge in [0, 0.05) is 53.5 Å². The van der Waals surface area contributed by atoms with Crippen molar-refractivity contribution in [2.24, 2.45) is 0 Å². The first-order valence-electron chi connectivity index (χ1n) is 17.8. The molecule has 26 heteroatoms. The summed E-state index contributed by atoms with van der Waals surface area (Å²) in [6, 6.07) is 35.9. The third kappa shape index (κ3) is 18.3. The Balaban J connectivity index is 0.000000204. The summed E-state index contributed by atoms with van der Waals surface area (Å²) in [6.07, 6.45) is 5.93. The molecule has 0 amide bonds. The van der Waals surface area contributed by atoms with Crippen molar-refractivity contribution >= 4 is 48.5 Å². The number of aromatic nitrogens is 8. The maximum Gasteiger partial charge on any atom is 2.00 e. The zero-order valence-corrected chi connectivity index (χ0v) is 36.1. The quantitative estimate of drug-likeness (QED) is 0.0813.